The normalized spacial score (nSPS) is 18.0. The van der Waals surface area contributed by atoms with Crippen molar-refractivity contribution in [2.24, 2.45) is 0 Å². The third-order valence-electron chi connectivity index (χ3n) is 0.905. The van der Waals surface area contributed by atoms with Crippen LogP contribution in [0.1, 0.15) is 0 Å². The van der Waals surface area contributed by atoms with Gasteiger partial charge in [0.1, 0.15) is 17.5 Å². The highest BCUT2D eigenvalue weighted by Crippen LogP contribution is 1.95. The smallest absolute Gasteiger partial charge is 0.102 e. The van der Waals surface area contributed by atoms with Gasteiger partial charge in [0, 0.05) is 0 Å². The van der Waals surface area contributed by atoms with Crippen LogP contribution in [0.2, 0.25) is 0 Å². The molecular formula is C6H9N3. The Labute approximate surface area is 54.1 Å². The molecule has 1 fully saturated rings. The van der Waals surface area contributed by atoms with E-state index in [1.807, 2.05) is 0 Å². The summed E-state index contributed by atoms with van der Waals surface area (Å²) in [5.41, 5.74) is 0. The number of rotatable bonds is 0. The predicted molar refractivity (Wildman–Crippen MR) is 36.8 cm³/mol. The van der Waals surface area contributed by atoms with Crippen molar-refractivity contribution in [3.05, 3.63) is 37.2 Å². The molecule has 1 aliphatic rings. The molecule has 0 aliphatic carbocycles. The van der Waals surface area contributed by atoms with E-state index in [1.54, 1.807) is 0 Å². The van der Waals surface area contributed by atoms with E-state index in [9.17, 15) is 0 Å². The lowest BCUT2D eigenvalue weighted by molar-refractivity contribution is 0.673. The zero-order valence-corrected chi connectivity index (χ0v) is 5.12. The lowest BCUT2D eigenvalue weighted by atomic mass is 10.5. The molecule has 1 aliphatic heterocycles. The highest BCUT2D eigenvalue weighted by atomic mass is 15.3. The molecule has 3 heteroatoms. The van der Waals surface area contributed by atoms with Crippen LogP contribution in [0.4, 0.5) is 0 Å². The Morgan fingerprint density at radius 3 is 1.11 bits per heavy atom. The number of hydrogen-bond acceptors (Lipinski definition) is 3. The average Bonchev–Trinajstić information content (AvgIpc) is 1.59. The first-order chi connectivity index (χ1) is 4.18. The van der Waals surface area contributed by atoms with E-state index in [1.165, 1.54) is 0 Å². The summed E-state index contributed by atoms with van der Waals surface area (Å²) in [6, 6.07) is 0. The van der Waals surface area contributed by atoms with Crippen molar-refractivity contribution < 1.29 is 0 Å². The molecule has 0 atom stereocenters. The maximum atomic E-state index is 3.63. The molecule has 1 heterocycles. The minimum Gasteiger partial charge on any atom is -0.329 e. The van der Waals surface area contributed by atoms with Gasteiger partial charge in [-0.05, 0) is 0 Å². The largest absolute Gasteiger partial charge is 0.329 e. The van der Waals surface area contributed by atoms with Crippen LogP contribution in [0.15, 0.2) is 37.2 Å². The Morgan fingerprint density at radius 1 is 0.667 bits per heavy atom. The monoisotopic (exact) mass is 123 g/mol. The van der Waals surface area contributed by atoms with Crippen LogP contribution in [-0.4, -0.2) is 0 Å². The Kier molecular flexibility index (Phi) is 1.18. The average molecular weight is 123 g/mol. The zero-order valence-electron chi connectivity index (χ0n) is 5.12. The van der Waals surface area contributed by atoms with E-state index in [0.29, 0.717) is 17.5 Å². The highest BCUT2D eigenvalue weighted by molar-refractivity contribution is 5.16. The molecule has 0 aromatic heterocycles. The van der Waals surface area contributed by atoms with Gasteiger partial charge in [-0.25, -0.2) is 0 Å². The van der Waals surface area contributed by atoms with Crippen LogP contribution in [-0.2, 0) is 0 Å². The van der Waals surface area contributed by atoms with Crippen LogP contribution in [0, 0.1) is 0 Å². The van der Waals surface area contributed by atoms with Gasteiger partial charge in [-0.2, -0.15) is 0 Å². The number of nitrogens with one attached hydrogen (secondary N) is 3. The van der Waals surface area contributed by atoms with Crippen molar-refractivity contribution in [2.75, 3.05) is 0 Å². The lowest BCUT2D eigenvalue weighted by Crippen LogP contribution is -2.40. The van der Waals surface area contributed by atoms with Gasteiger partial charge in [0.2, 0.25) is 0 Å². The predicted octanol–water partition coefficient (Wildman–Crippen LogP) is 0.182. The molecule has 0 saturated carbocycles. The van der Waals surface area contributed by atoms with Gasteiger partial charge in [0.05, 0.1) is 0 Å². The molecular weight excluding hydrogens is 114 g/mol. The summed E-state index contributed by atoms with van der Waals surface area (Å²) in [4.78, 5) is 0. The zero-order chi connectivity index (χ0) is 6.85. The van der Waals surface area contributed by atoms with Crippen LogP contribution in [0.25, 0.3) is 0 Å². The van der Waals surface area contributed by atoms with Gasteiger partial charge in [-0.1, -0.05) is 19.7 Å². The fraction of sp³-hybridized carbons (Fsp3) is 0. The van der Waals surface area contributed by atoms with E-state index in [0.717, 1.165) is 0 Å². The van der Waals surface area contributed by atoms with Crippen LogP contribution in [0.3, 0.4) is 0 Å². The number of hydrogen-bond donors (Lipinski definition) is 3. The molecule has 3 N–H and O–H groups in total. The van der Waals surface area contributed by atoms with Gasteiger partial charge in [0.15, 0.2) is 0 Å². The summed E-state index contributed by atoms with van der Waals surface area (Å²) in [7, 11) is 0. The second-order valence-corrected chi connectivity index (χ2v) is 1.81. The van der Waals surface area contributed by atoms with E-state index in [-0.39, 0.29) is 0 Å². The van der Waals surface area contributed by atoms with Gasteiger partial charge in [-0.3, -0.25) is 0 Å². The Hall–Kier alpha value is -1.38. The van der Waals surface area contributed by atoms with E-state index in [4.69, 9.17) is 0 Å². The first-order valence-electron chi connectivity index (χ1n) is 2.56. The topological polar surface area (TPSA) is 36.1 Å². The SMILES string of the molecule is C=C1NC(=C)NC(=C)N1. The molecule has 3 nitrogen and oxygen atoms in total. The summed E-state index contributed by atoms with van der Waals surface area (Å²) >= 11 is 0. The molecule has 0 aromatic carbocycles. The van der Waals surface area contributed by atoms with Gasteiger partial charge in [-0.15, -0.1) is 0 Å². The second kappa shape index (κ2) is 1.85. The third kappa shape index (κ3) is 1.25. The summed E-state index contributed by atoms with van der Waals surface area (Å²) in [6.07, 6.45) is 0. The van der Waals surface area contributed by atoms with Crippen LogP contribution >= 0.6 is 0 Å². The first kappa shape index (κ1) is 5.75. The fourth-order valence-corrected chi connectivity index (χ4v) is 0.640. The highest BCUT2D eigenvalue weighted by Gasteiger charge is 2.04. The van der Waals surface area contributed by atoms with E-state index < -0.39 is 0 Å². The molecule has 0 aromatic rings. The molecule has 0 radical (unpaired) electrons. The van der Waals surface area contributed by atoms with Crippen LogP contribution < -0.4 is 16.0 Å². The van der Waals surface area contributed by atoms with E-state index >= 15 is 0 Å². The summed E-state index contributed by atoms with van der Waals surface area (Å²) in [5, 5.41) is 8.51. The molecule has 0 bridgehead atoms. The van der Waals surface area contributed by atoms with Crippen LogP contribution in [0.5, 0.6) is 0 Å². The van der Waals surface area contributed by atoms with E-state index in [2.05, 4.69) is 35.7 Å². The standard InChI is InChI=1S/C6H9N3/c1-4-7-5(2)9-6(3)8-4/h7-9H,1-3H2. The van der Waals surface area contributed by atoms with Gasteiger partial charge < -0.3 is 16.0 Å². The molecule has 1 rings (SSSR count). The Balaban J connectivity index is 2.64. The van der Waals surface area contributed by atoms with Crippen molar-refractivity contribution in [1.82, 2.24) is 16.0 Å². The van der Waals surface area contributed by atoms with Crippen molar-refractivity contribution in [2.45, 2.75) is 0 Å². The summed E-state index contributed by atoms with van der Waals surface area (Å²) in [5.74, 6) is 2.09. The maximum absolute atomic E-state index is 3.63. The summed E-state index contributed by atoms with van der Waals surface area (Å²) < 4.78 is 0. The Morgan fingerprint density at radius 2 is 0.889 bits per heavy atom. The minimum absolute atomic E-state index is 0.698. The fourth-order valence-electron chi connectivity index (χ4n) is 0.640. The van der Waals surface area contributed by atoms with Gasteiger partial charge in [0.25, 0.3) is 0 Å². The molecule has 9 heavy (non-hydrogen) atoms. The molecule has 1 saturated heterocycles. The third-order valence-corrected chi connectivity index (χ3v) is 0.905. The molecule has 0 spiro atoms. The molecule has 0 unspecified atom stereocenters. The first-order valence-corrected chi connectivity index (χ1v) is 2.56. The molecule has 48 valence electrons. The van der Waals surface area contributed by atoms with Gasteiger partial charge >= 0.3 is 0 Å². The molecule has 0 amide bonds. The maximum Gasteiger partial charge on any atom is 0.102 e. The van der Waals surface area contributed by atoms with Crippen molar-refractivity contribution in [3.63, 3.8) is 0 Å². The Bertz CT molecular complexity index is 135. The lowest BCUT2D eigenvalue weighted by Gasteiger charge is -2.23. The van der Waals surface area contributed by atoms with Crippen molar-refractivity contribution in [3.8, 4) is 0 Å². The minimum atomic E-state index is 0.698. The summed E-state index contributed by atoms with van der Waals surface area (Å²) in [6.45, 7) is 10.9. The quantitative estimate of drug-likeness (QED) is 0.430. The van der Waals surface area contributed by atoms with Crippen molar-refractivity contribution >= 4 is 0 Å². The van der Waals surface area contributed by atoms with Crippen molar-refractivity contribution in [1.29, 1.82) is 0 Å². The second-order valence-electron chi connectivity index (χ2n) is 1.81.